The number of halogens is 4. The van der Waals surface area contributed by atoms with Crippen LogP contribution in [0, 0.1) is 0 Å². The number of rotatable bonds is 18. The third-order valence-corrected chi connectivity index (χ3v) is 3.58. The normalized spacial score (nSPS) is 17.5. The summed E-state index contributed by atoms with van der Waals surface area (Å²) in [4.78, 5) is 0. The lowest BCUT2D eigenvalue weighted by Crippen LogP contribution is -2.40. The molecule has 0 saturated carbocycles. The van der Waals surface area contributed by atoms with Crippen LogP contribution in [-0.4, -0.2) is 89.2 Å². The van der Waals surface area contributed by atoms with Gasteiger partial charge in [-0.15, -0.1) is 0 Å². The minimum atomic E-state index is -4.30. The Morgan fingerprint density at radius 2 is 1.58 bits per heavy atom. The van der Waals surface area contributed by atoms with Crippen LogP contribution in [0.1, 0.15) is 0 Å². The summed E-state index contributed by atoms with van der Waals surface area (Å²) in [5.74, 6) is 0.471. The molecule has 1 aromatic rings. The number of hydrogen-bond donors (Lipinski definition) is 1. The van der Waals surface area contributed by atoms with Crippen LogP contribution in [0.3, 0.4) is 0 Å². The van der Waals surface area contributed by atoms with E-state index in [2.05, 4.69) is 14.2 Å². The summed E-state index contributed by atoms with van der Waals surface area (Å²) in [6.07, 6.45) is -9.71. The third-order valence-electron chi connectivity index (χ3n) is 3.58. The highest BCUT2D eigenvalue weighted by atomic mass is 19.3. The fourth-order valence-electron chi connectivity index (χ4n) is 2.12. The van der Waals surface area contributed by atoms with Crippen molar-refractivity contribution in [2.45, 2.75) is 24.4 Å². The van der Waals surface area contributed by atoms with Crippen LogP contribution in [0.2, 0.25) is 0 Å². The summed E-state index contributed by atoms with van der Waals surface area (Å²) < 4.78 is 86.8. The molecule has 1 aliphatic rings. The van der Waals surface area contributed by atoms with Crippen LogP contribution in [0.4, 0.5) is 17.6 Å². The summed E-state index contributed by atoms with van der Waals surface area (Å²) in [6, 6.07) is 8.48. The van der Waals surface area contributed by atoms with Crippen LogP contribution in [0.15, 0.2) is 30.3 Å². The smallest absolute Gasteiger partial charge is 0.383 e. The number of aliphatic hydroxyl groups excluding tert-OH is 1. The van der Waals surface area contributed by atoms with Gasteiger partial charge in [-0.05, 0) is 12.1 Å². The lowest BCUT2D eigenvalue weighted by atomic mass is 10.3. The SMILES string of the molecule is OC(COCC(F)(F)OC(F)(F)COCOCCOCC1CO1)COc1ccccc1. The maximum absolute atomic E-state index is 13.6. The molecule has 0 aliphatic carbocycles. The Balaban J connectivity index is 1.51. The first-order chi connectivity index (χ1) is 14.8. The summed E-state index contributed by atoms with van der Waals surface area (Å²) in [5, 5.41) is 9.66. The molecule has 0 radical (unpaired) electrons. The predicted octanol–water partition coefficient (Wildman–Crippen LogP) is 2.05. The van der Waals surface area contributed by atoms with E-state index in [-0.39, 0.29) is 25.9 Å². The van der Waals surface area contributed by atoms with E-state index in [4.69, 9.17) is 18.9 Å². The molecule has 178 valence electrons. The van der Waals surface area contributed by atoms with E-state index in [1.54, 1.807) is 30.3 Å². The second-order valence-corrected chi connectivity index (χ2v) is 6.57. The summed E-state index contributed by atoms with van der Waals surface area (Å²) in [5.41, 5.74) is 0. The Labute approximate surface area is 176 Å². The highest BCUT2D eigenvalue weighted by Gasteiger charge is 2.44. The van der Waals surface area contributed by atoms with Gasteiger partial charge in [0.1, 0.15) is 44.6 Å². The topological polar surface area (TPSA) is 88.1 Å². The van der Waals surface area contributed by atoms with E-state index < -0.39 is 44.9 Å². The van der Waals surface area contributed by atoms with E-state index >= 15 is 0 Å². The van der Waals surface area contributed by atoms with Gasteiger partial charge in [-0.1, -0.05) is 18.2 Å². The second kappa shape index (κ2) is 13.1. The van der Waals surface area contributed by atoms with Gasteiger partial charge in [-0.25, -0.2) is 0 Å². The molecule has 2 unspecified atom stereocenters. The molecule has 0 spiro atoms. The van der Waals surface area contributed by atoms with Crippen molar-refractivity contribution in [2.75, 3.05) is 59.6 Å². The minimum Gasteiger partial charge on any atom is -0.491 e. The van der Waals surface area contributed by atoms with Crippen LogP contribution >= 0.6 is 0 Å². The van der Waals surface area contributed by atoms with Crippen molar-refractivity contribution in [3.8, 4) is 5.75 Å². The van der Waals surface area contributed by atoms with E-state index in [1.165, 1.54) is 0 Å². The van der Waals surface area contributed by atoms with Crippen LogP contribution in [-0.2, 0) is 28.4 Å². The van der Waals surface area contributed by atoms with Crippen LogP contribution < -0.4 is 4.74 Å². The Morgan fingerprint density at radius 3 is 2.26 bits per heavy atom. The highest BCUT2D eigenvalue weighted by molar-refractivity contribution is 5.20. The zero-order valence-corrected chi connectivity index (χ0v) is 16.7. The van der Waals surface area contributed by atoms with Gasteiger partial charge < -0.3 is 33.5 Å². The molecule has 1 saturated heterocycles. The first-order valence-electron chi connectivity index (χ1n) is 9.50. The van der Waals surface area contributed by atoms with Gasteiger partial charge >= 0.3 is 12.2 Å². The number of epoxide rings is 1. The molecule has 31 heavy (non-hydrogen) atoms. The molecule has 0 bridgehead atoms. The second-order valence-electron chi connectivity index (χ2n) is 6.57. The number of benzene rings is 1. The largest absolute Gasteiger partial charge is 0.491 e. The Bertz CT molecular complexity index is 604. The predicted molar refractivity (Wildman–Crippen MR) is 97.1 cm³/mol. The van der Waals surface area contributed by atoms with E-state index in [9.17, 15) is 22.7 Å². The average molecular weight is 458 g/mol. The average Bonchev–Trinajstić information content (AvgIpc) is 3.52. The molecule has 1 heterocycles. The lowest BCUT2D eigenvalue weighted by Gasteiger charge is -2.24. The van der Waals surface area contributed by atoms with Gasteiger partial charge in [0.2, 0.25) is 0 Å². The first-order valence-corrected chi connectivity index (χ1v) is 9.50. The van der Waals surface area contributed by atoms with Gasteiger partial charge in [-0.2, -0.15) is 17.6 Å². The summed E-state index contributed by atoms with van der Waals surface area (Å²) >= 11 is 0. The number of alkyl halides is 4. The monoisotopic (exact) mass is 458 g/mol. The number of para-hydroxylation sites is 1. The van der Waals surface area contributed by atoms with E-state index in [1.807, 2.05) is 0 Å². The molecular formula is C19H26F4O8. The van der Waals surface area contributed by atoms with Gasteiger partial charge in [0.25, 0.3) is 0 Å². The fourth-order valence-corrected chi connectivity index (χ4v) is 2.12. The van der Waals surface area contributed by atoms with Crippen LogP contribution in [0.25, 0.3) is 0 Å². The van der Waals surface area contributed by atoms with Crippen LogP contribution in [0.5, 0.6) is 5.75 Å². The van der Waals surface area contributed by atoms with E-state index in [0.29, 0.717) is 19.0 Å². The van der Waals surface area contributed by atoms with Crippen molar-refractivity contribution in [3.05, 3.63) is 30.3 Å². The Morgan fingerprint density at radius 1 is 0.935 bits per heavy atom. The number of aliphatic hydroxyl groups is 1. The molecule has 8 nitrogen and oxygen atoms in total. The zero-order valence-electron chi connectivity index (χ0n) is 16.7. The summed E-state index contributed by atoms with van der Waals surface area (Å²) in [6.45, 7) is -2.87. The molecule has 1 aliphatic heterocycles. The first kappa shape index (κ1) is 25.7. The maximum atomic E-state index is 13.6. The maximum Gasteiger partial charge on any atom is 0.383 e. The van der Waals surface area contributed by atoms with Gasteiger partial charge in [0.05, 0.1) is 33.0 Å². The summed E-state index contributed by atoms with van der Waals surface area (Å²) in [7, 11) is 0. The van der Waals surface area contributed by atoms with Crippen molar-refractivity contribution in [2.24, 2.45) is 0 Å². The molecule has 2 rings (SSSR count). The Hall–Kier alpha value is -1.54. The molecule has 1 fully saturated rings. The standard InChI is InChI=1S/C19H26F4O8/c20-18(21,12-27-8-15(24)9-29-16-4-2-1-3-5-16)31-19(22,23)13-28-14-26-7-6-25-10-17-11-30-17/h1-5,15,17,24H,6-14H2. The fraction of sp³-hybridized carbons (Fsp3) is 0.684. The Kier molecular flexibility index (Phi) is 10.9. The molecule has 0 amide bonds. The molecule has 2 atom stereocenters. The van der Waals surface area contributed by atoms with Crippen molar-refractivity contribution in [3.63, 3.8) is 0 Å². The van der Waals surface area contributed by atoms with Gasteiger partial charge in [-0.3, -0.25) is 4.74 Å². The van der Waals surface area contributed by atoms with Crippen molar-refractivity contribution < 1.29 is 55.8 Å². The van der Waals surface area contributed by atoms with Gasteiger partial charge in [0, 0.05) is 0 Å². The van der Waals surface area contributed by atoms with E-state index in [0.717, 1.165) is 0 Å². The minimum absolute atomic E-state index is 0.0828. The third kappa shape index (κ3) is 12.8. The lowest BCUT2D eigenvalue weighted by molar-refractivity contribution is -0.396. The zero-order chi connectivity index (χ0) is 22.6. The van der Waals surface area contributed by atoms with Gasteiger partial charge in [0.15, 0.2) is 0 Å². The number of ether oxygens (including phenoxy) is 7. The van der Waals surface area contributed by atoms with Crippen molar-refractivity contribution in [1.29, 1.82) is 0 Å². The van der Waals surface area contributed by atoms with Crippen molar-refractivity contribution >= 4 is 0 Å². The molecule has 0 aromatic heterocycles. The molecule has 1 N–H and O–H groups in total. The number of hydrogen-bond acceptors (Lipinski definition) is 8. The molecular weight excluding hydrogens is 432 g/mol. The molecule has 1 aromatic carbocycles. The molecule has 12 heteroatoms. The highest BCUT2D eigenvalue weighted by Crippen LogP contribution is 2.27. The quantitative estimate of drug-likeness (QED) is 0.155. The van der Waals surface area contributed by atoms with Crippen molar-refractivity contribution in [1.82, 2.24) is 0 Å².